The third kappa shape index (κ3) is 2.42. The fourth-order valence-electron chi connectivity index (χ4n) is 1.93. The van der Waals surface area contributed by atoms with E-state index in [4.69, 9.17) is 4.74 Å². The van der Waals surface area contributed by atoms with E-state index in [1.165, 1.54) is 6.33 Å². The van der Waals surface area contributed by atoms with Gasteiger partial charge in [0.15, 0.2) is 0 Å². The van der Waals surface area contributed by atoms with Crippen molar-refractivity contribution < 1.29 is 4.74 Å². The Labute approximate surface area is 106 Å². The smallest absolute Gasteiger partial charge is 0.254 e. The summed E-state index contributed by atoms with van der Waals surface area (Å²) in [6.07, 6.45) is 3.07. The van der Waals surface area contributed by atoms with E-state index in [-0.39, 0.29) is 5.56 Å². The normalized spacial score (nSPS) is 10.3. The number of methoxy groups -OCH3 is 1. The summed E-state index contributed by atoms with van der Waals surface area (Å²) in [5.74, 6) is 0.761. The summed E-state index contributed by atoms with van der Waals surface area (Å²) >= 11 is 0. The topological polar surface area (TPSA) is 55.0 Å². The second kappa shape index (κ2) is 5.49. The molecule has 1 aromatic carbocycles. The third-order valence-electron chi connectivity index (χ3n) is 2.79. The fraction of sp³-hybridized carbons (Fsp3) is 0.286. The van der Waals surface area contributed by atoms with Gasteiger partial charge in [-0.15, -0.1) is 0 Å². The number of aromatic amines is 1. The van der Waals surface area contributed by atoms with Gasteiger partial charge in [-0.25, -0.2) is 4.98 Å². The number of rotatable bonds is 4. The van der Waals surface area contributed by atoms with Crippen LogP contribution in [0.25, 0.3) is 11.3 Å². The molecule has 0 bridgehead atoms. The lowest BCUT2D eigenvalue weighted by Crippen LogP contribution is -2.14. The van der Waals surface area contributed by atoms with E-state index in [0.29, 0.717) is 0 Å². The zero-order valence-corrected chi connectivity index (χ0v) is 10.6. The minimum atomic E-state index is -0.0651. The van der Waals surface area contributed by atoms with Crippen LogP contribution in [-0.2, 0) is 6.42 Å². The van der Waals surface area contributed by atoms with Crippen LogP contribution in [0.5, 0.6) is 5.75 Å². The van der Waals surface area contributed by atoms with E-state index < -0.39 is 0 Å². The van der Waals surface area contributed by atoms with E-state index in [0.717, 1.165) is 35.4 Å². The molecule has 4 nitrogen and oxygen atoms in total. The van der Waals surface area contributed by atoms with Crippen LogP contribution < -0.4 is 10.3 Å². The van der Waals surface area contributed by atoms with E-state index >= 15 is 0 Å². The highest BCUT2D eigenvalue weighted by Gasteiger charge is 2.10. The molecule has 18 heavy (non-hydrogen) atoms. The SMILES string of the molecule is CCCc1c(-c2cccc(OC)c2)nc[nH]c1=O. The zero-order valence-electron chi connectivity index (χ0n) is 10.6. The molecule has 0 unspecified atom stereocenters. The van der Waals surface area contributed by atoms with Gasteiger partial charge in [0.25, 0.3) is 5.56 Å². The van der Waals surface area contributed by atoms with Crippen molar-refractivity contribution in [1.29, 1.82) is 0 Å². The van der Waals surface area contributed by atoms with Crippen LogP contribution in [0.15, 0.2) is 35.4 Å². The first-order chi connectivity index (χ1) is 8.76. The number of hydrogen-bond acceptors (Lipinski definition) is 3. The Balaban J connectivity index is 2.55. The van der Waals surface area contributed by atoms with E-state index in [2.05, 4.69) is 9.97 Å². The number of ether oxygens (including phenoxy) is 1. The Morgan fingerprint density at radius 2 is 2.22 bits per heavy atom. The Morgan fingerprint density at radius 1 is 1.39 bits per heavy atom. The van der Waals surface area contributed by atoms with Crippen molar-refractivity contribution in [2.45, 2.75) is 19.8 Å². The molecule has 0 aliphatic heterocycles. The quantitative estimate of drug-likeness (QED) is 0.898. The first-order valence-corrected chi connectivity index (χ1v) is 5.97. The highest BCUT2D eigenvalue weighted by Crippen LogP contribution is 2.23. The molecule has 0 atom stereocenters. The van der Waals surface area contributed by atoms with Crippen molar-refractivity contribution >= 4 is 0 Å². The maximum absolute atomic E-state index is 11.8. The molecule has 0 radical (unpaired) electrons. The molecule has 2 aromatic rings. The molecule has 2 rings (SSSR count). The summed E-state index contributed by atoms with van der Waals surface area (Å²) in [6.45, 7) is 2.04. The number of nitrogens with zero attached hydrogens (tertiary/aromatic N) is 1. The molecule has 0 fully saturated rings. The van der Waals surface area contributed by atoms with Gasteiger partial charge in [-0.3, -0.25) is 4.79 Å². The average Bonchev–Trinajstić information content (AvgIpc) is 2.41. The van der Waals surface area contributed by atoms with Crippen LogP contribution in [0.2, 0.25) is 0 Å². The number of aromatic nitrogens is 2. The molecular formula is C14H16N2O2. The molecule has 0 saturated heterocycles. The van der Waals surface area contributed by atoms with Crippen LogP contribution >= 0.6 is 0 Å². The molecule has 0 aliphatic rings. The van der Waals surface area contributed by atoms with Gasteiger partial charge in [-0.05, 0) is 18.6 Å². The van der Waals surface area contributed by atoms with Gasteiger partial charge in [0, 0.05) is 11.1 Å². The van der Waals surface area contributed by atoms with Gasteiger partial charge in [0.05, 0.1) is 19.1 Å². The summed E-state index contributed by atoms with van der Waals surface area (Å²) in [5.41, 5.74) is 2.31. The van der Waals surface area contributed by atoms with Gasteiger partial charge in [-0.2, -0.15) is 0 Å². The Bertz CT molecular complexity index is 590. The number of H-pyrrole nitrogens is 1. The first-order valence-electron chi connectivity index (χ1n) is 5.97. The van der Waals surface area contributed by atoms with E-state index in [1.54, 1.807) is 7.11 Å². The molecule has 0 aliphatic carbocycles. The van der Waals surface area contributed by atoms with E-state index in [1.807, 2.05) is 31.2 Å². The van der Waals surface area contributed by atoms with Gasteiger partial charge in [-0.1, -0.05) is 25.5 Å². The monoisotopic (exact) mass is 244 g/mol. The molecule has 0 saturated carbocycles. The summed E-state index contributed by atoms with van der Waals surface area (Å²) < 4.78 is 5.19. The van der Waals surface area contributed by atoms with Crippen molar-refractivity contribution in [3.63, 3.8) is 0 Å². The number of hydrogen-bond donors (Lipinski definition) is 1. The summed E-state index contributed by atoms with van der Waals surface area (Å²) in [7, 11) is 1.62. The second-order valence-electron chi connectivity index (χ2n) is 4.04. The predicted molar refractivity (Wildman–Crippen MR) is 70.8 cm³/mol. The average molecular weight is 244 g/mol. The van der Waals surface area contributed by atoms with Crippen molar-refractivity contribution in [3.8, 4) is 17.0 Å². The van der Waals surface area contributed by atoms with Crippen molar-refractivity contribution in [1.82, 2.24) is 9.97 Å². The van der Waals surface area contributed by atoms with Crippen LogP contribution in [0.3, 0.4) is 0 Å². The minimum absolute atomic E-state index is 0.0651. The first kappa shape index (κ1) is 12.4. The molecule has 4 heteroatoms. The Morgan fingerprint density at radius 3 is 2.94 bits per heavy atom. The number of nitrogens with one attached hydrogen (secondary N) is 1. The Hall–Kier alpha value is -2.10. The van der Waals surface area contributed by atoms with Crippen molar-refractivity contribution in [3.05, 3.63) is 46.5 Å². The Kier molecular flexibility index (Phi) is 3.77. The number of benzene rings is 1. The predicted octanol–water partition coefficient (Wildman–Crippen LogP) is 2.40. The van der Waals surface area contributed by atoms with Crippen LogP contribution in [0.4, 0.5) is 0 Å². The molecule has 1 N–H and O–H groups in total. The van der Waals surface area contributed by atoms with Gasteiger partial charge >= 0.3 is 0 Å². The molecule has 94 valence electrons. The lowest BCUT2D eigenvalue weighted by atomic mass is 10.0. The largest absolute Gasteiger partial charge is 0.497 e. The summed E-state index contributed by atoms with van der Waals surface area (Å²) in [5, 5.41) is 0. The lowest BCUT2D eigenvalue weighted by Gasteiger charge is -2.08. The summed E-state index contributed by atoms with van der Waals surface area (Å²) in [6, 6.07) is 7.59. The van der Waals surface area contributed by atoms with Gasteiger partial charge in [0.2, 0.25) is 0 Å². The van der Waals surface area contributed by atoms with Crippen LogP contribution in [0, 0.1) is 0 Å². The maximum atomic E-state index is 11.8. The highest BCUT2D eigenvalue weighted by molar-refractivity contribution is 5.64. The molecular weight excluding hydrogens is 228 g/mol. The summed E-state index contributed by atoms with van der Waals surface area (Å²) in [4.78, 5) is 18.7. The fourth-order valence-corrected chi connectivity index (χ4v) is 1.93. The van der Waals surface area contributed by atoms with E-state index in [9.17, 15) is 4.79 Å². The van der Waals surface area contributed by atoms with Crippen LogP contribution in [0.1, 0.15) is 18.9 Å². The molecule has 0 amide bonds. The maximum Gasteiger partial charge on any atom is 0.254 e. The lowest BCUT2D eigenvalue weighted by molar-refractivity contribution is 0.415. The molecule has 0 spiro atoms. The molecule has 1 aromatic heterocycles. The van der Waals surface area contributed by atoms with Gasteiger partial charge < -0.3 is 9.72 Å². The van der Waals surface area contributed by atoms with Crippen molar-refractivity contribution in [2.75, 3.05) is 7.11 Å². The zero-order chi connectivity index (χ0) is 13.0. The standard InChI is InChI=1S/C14H16N2O2/c1-3-5-12-13(15-9-16-14(12)17)10-6-4-7-11(8-10)18-2/h4,6-9H,3,5H2,1-2H3,(H,15,16,17). The van der Waals surface area contributed by atoms with Crippen molar-refractivity contribution in [2.24, 2.45) is 0 Å². The third-order valence-corrected chi connectivity index (χ3v) is 2.79. The second-order valence-corrected chi connectivity index (χ2v) is 4.04. The van der Waals surface area contributed by atoms with Crippen LogP contribution in [-0.4, -0.2) is 17.1 Å². The van der Waals surface area contributed by atoms with Gasteiger partial charge in [0.1, 0.15) is 5.75 Å². The molecule has 1 heterocycles. The minimum Gasteiger partial charge on any atom is -0.497 e. The highest BCUT2D eigenvalue weighted by atomic mass is 16.5.